The number of carbonyl (C=O) groups excluding carboxylic acids is 4. The van der Waals surface area contributed by atoms with Gasteiger partial charge in [0.1, 0.15) is 0 Å². The predicted molar refractivity (Wildman–Crippen MR) is 43.3 cm³/mol. The molecule has 0 aromatic carbocycles. The zero-order valence-electron chi connectivity index (χ0n) is 7.86. The van der Waals surface area contributed by atoms with E-state index in [1.807, 2.05) is 0 Å². The van der Waals surface area contributed by atoms with Gasteiger partial charge in [-0.05, 0) is 0 Å². The van der Waals surface area contributed by atoms with E-state index in [0.29, 0.717) is 0 Å². The Morgan fingerprint density at radius 3 is 1.86 bits per heavy atom. The Labute approximate surface area is 80.2 Å². The smallest absolute Gasteiger partial charge is 0.374 e. The van der Waals surface area contributed by atoms with E-state index in [-0.39, 0.29) is 0 Å². The van der Waals surface area contributed by atoms with Gasteiger partial charge in [-0.3, -0.25) is 14.4 Å². The molecule has 0 aliphatic rings. The van der Waals surface area contributed by atoms with Crippen LogP contribution in [0.2, 0.25) is 0 Å². The van der Waals surface area contributed by atoms with E-state index >= 15 is 0 Å². The zero-order chi connectivity index (χ0) is 11.1. The topological polar surface area (TPSA) is 86.7 Å². The SMILES string of the molecule is CC(=O)OCC(=O)COC(=O)C(C)=O. The van der Waals surface area contributed by atoms with Crippen molar-refractivity contribution < 1.29 is 28.7 Å². The second kappa shape index (κ2) is 5.85. The number of carbonyl (C=O) groups is 4. The molecule has 0 rings (SSSR count). The summed E-state index contributed by atoms with van der Waals surface area (Å²) >= 11 is 0. The molecular weight excluding hydrogens is 192 g/mol. The van der Waals surface area contributed by atoms with Gasteiger partial charge in [-0.2, -0.15) is 0 Å². The summed E-state index contributed by atoms with van der Waals surface area (Å²) in [6.07, 6.45) is 0. The van der Waals surface area contributed by atoms with Gasteiger partial charge in [0.25, 0.3) is 0 Å². The number of esters is 2. The highest BCUT2D eigenvalue weighted by molar-refractivity contribution is 6.32. The average Bonchev–Trinajstić information content (AvgIpc) is 2.10. The lowest BCUT2D eigenvalue weighted by Crippen LogP contribution is -2.22. The molecule has 0 bridgehead atoms. The van der Waals surface area contributed by atoms with Gasteiger partial charge in [-0.25, -0.2) is 4.79 Å². The Hall–Kier alpha value is -1.72. The van der Waals surface area contributed by atoms with E-state index in [0.717, 1.165) is 13.8 Å². The number of ketones is 2. The van der Waals surface area contributed by atoms with Crippen LogP contribution in [0.4, 0.5) is 0 Å². The second-order valence-electron chi connectivity index (χ2n) is 2.45. The molecule has 6 nitrogen and oxygen atoms in total. The molecule has 0 aliphatic heterocycles. The fourth-order valence-electron chi connectivity index (χ4n) is 0.471. The first kappa shape index (κ1) is 12.3. The minimum atomic E-state index is -1.08. The second-order valence-corrected chi connectivity index (χ2v) is 2.45. The van der Waals surface area contributed by atoms with E-state index in [1.165, 1.54) is 0 Å². The maximum Gasteiger partial charge on any atom is 0.374 e. The van der Waals surface area contributed by atoms with Gasteiger partial charge < -0.3 is 9.47 Å². The molecule has 0 amide bonds. The van der Waals surface area contributed by atoms with Crippen LogP contribution >= 0.6 is 0 Å². The lowest BCUT2D eigenvalue weighted by molar-refractivity contribution is -0.156. The van der Waals surface area contributed by atoms with Crippen LogP contribution in [-0.2, 0) is 28.7 Å². The molecule has 78 valence electrons. The summed E-state index contributed by atoms with van der Waals surface area (Å²) < 4.78 is 8.60. The number of rotatable bonds is 5. The third-order valence-corrected chi connectivity index (χ3v) is 1.09. The first-order valence-corrected chi connectivity index (χ1v) is 3.76. The number of hydrogen-bond donors (Lipinski definition) is 0. The fourth-order valence-corrected chi connectivity index (χ4v) is 0.471. The Kier molecular flexibility index (Phi) is 5.13. The molecule has 0 radical (unpaired) electrons. The van der Waals surface area contributed by atoms with Gasteiger partial charge >= 0.3 is 11.9 Å². The number of ether oxygens (including phenoxy) is 2. The number of hydrogen-bond acceptors (Lipinski definition) is 6. The van der Waals surface area contributed by atoms with Crippen LogP contribution in [0.15, 0.2) is 0 Å². The molecule has 0 fully saturated rings. The lowest BCUT2D eigenvalue weighted by Gasteiger charge is -2.01. The van der Waals surface area contributed by atoms with Crippen molar-refractivity contribution in [2.24, 2.45) is 0 Å². The van der Waals surface area contributed by atoms with Crippen LogP contribution in [0.1, 0.15) is 13.8 Å². The molecule has 0 saturated carbocycles. The normalized spacial score (nSPS) is 9.00. The monoisotopic (exact) mass is 202 g/mol. The van der Waals surface area contributed by atoms with Crippen molar-refractivity contribution in [3.8, 4) is 0 Å². The lowest BCUT2D eigenvalue weighted by atomic mass is 10.4. The maximum atomic E-state index is 10.8. The molecule has 0 unspecified atom stereocenters. The predicted octanol–water partition coefficient (Wildman–Crippen LogP) is -0.749. The van der Waals surface area contributed by atoms with Crippen LogP contribution in [0.25, 0.3) is 0 Å². The molecule has 6 heteroatoms. The average molecular weight is 202 g/mol. The van der Waals surface area contributed by atoms with Crippen molar-refractivity contribution in [3.05, 3.63) is 0 Å². The summed E-state index contributed by atoms with van der Waals surface area (Å²) in [5.74, 6) is -3.06. The Balaban J connectivity index is 3.69. The van der Waals surface area contributed by atoms with Crippen molar-refractivity contribution in [2.45, 2.75) is 13.8 Å². The fraction of sp³-hybridized carbons (Fsp3) is 0.500. The third kappa shape index (κ3) is 5.87. The van der Waals surface area contributed by atoms with Crippen molar-refractivity contribution >= 4 is 23.5 Å². The largest absolute Gasteiger partial charge is 0.458 e. The minimum Gasteiger partial charge on any atom is -0.458 e. The minimum absolute atomic E-state index is 0.458. The van der Waals surface area contributed by atoms with Crippen LogP contribution in [-0.4, -0.2) is 36.7 Å². The quantitative estimate of drug-likeness (QED) is 0.430. The summed E-state index contributed by atoms with van der Waals surface area (Å²) in [6, 6.07) is 0. The maximum absolute atomic E-state index is 10.8. The molecule has 0 atom stereocenters. The highest BCUT2D eigenvalue weighted by atomic mass is 16.6. The van der Waals surface area contributed by atoms with Crippen molar-refractivity contribution in [2.75, 3.05) is 13.2 Å². The van der Waals surface area contributed by atoms with Gasteiger partial charge in [0, 0.05) is 13.8 Å². The van der Waals surface area contributed by atoms with Gasteiger partial charge in [0.05, 0.1) is 0 Å². The Bertz CT molecular complexity index is 267. The third-order valence-electron chi connectivity index (χ3n) is 1.09. The van der Waals surface area contributed by atoms with E-state index in [9.17, 15) is 19.2 Å². The van der Waals surface area contributed by atoms with E-state index < -0.39 is 36.7 Å². The van der Waals surface area contributed by atoms with Crippen LogP contribution < -0.4 is 0 Å². The molecule has 0 saturated heterocycles. The summed E-state index contributed by atoms with van der Waals surface area (Å²) in [5, 5.41) is 0. The summed E-state index contributed by atoms with van der Waals surface area (Å²) in [4.78, 5) is 42.0. The zero-order valence-corrected chi connectivity index (χ0v) is 7.86. The molecule has 0 heterocycles. The van der Waals surface area contributed by atoms with Gasteiger partial charge in [0.15, 0.2) is 13.2 Å². The summed E-state index contributed by atoms with van der Waals surface area (Å²) in [7, 11) is 0. The highest BCUT2D eigenvalue weighted by Crippen LogP contribution is 1.84. The van der Waals surface area contributed by atoms with Crippen LogP contribution in [0.5, 0.6) is 0 Å². The van der Waals surface area contributed by atoms with Crippen molar-refractivity contribution in [1.82, 2.24) is 0 Å². The van der Waals surface area contributed by atoms with Crippen molar-refractivity contribution in [3.63, 3.8) is 0 Å². The van der Waals surface area contributed by atoms with Gasteiger partial charge in [-0.15, -0.1) is 0 Å². The molecule has 0 spiro atoms. The molecule has 0 aliphatic carbocycles. The standard InChI is InChI=1S/C8H10O6/c1-5(9)8(12)14-4-7(11)3-13-6(2)10/h3-4H2,1-2H3. The van der Waals surface area contributed by atoms with Crippen LogP contribution in [0, 0.1) is 0 Å². The molecule has 0 aromatic heterocycles. The van der Waals surface area contributed by atoms with Gasteiger partial charge in [0.2, 0.25) is 11.6 Å². The number of Topliss-reactive ketones (excluding diaryl/α,β-unsaturated/α-hetero) is 2. The molecular formula is C8H10O6. The summed E-state index contributed by atoms with van der Waals surface area (Å²) in [5.41, 5.74) is 0. The first-order valence-electron chi connectivity index (χ1n) is 3.76. The summed E-state index contributed by atoms with van der Waals surface area (Å²) in [6.45, 7) is 1.15. The van der Waals surface area contributed by atoms with Crippen LogP contribution in [0.3, 0.4) is 0 Å². The molecule has 0 aromatic rings. The van der Waals surface area contributed by atoms with E-state index in [4.69, 9.17) is 0 Å². The Morgan fingerprint density at radius 1 is 0.929 bits per heavy atom. The molecule has 0 N–H and O–H groups in total. The van der Waals surface area contributed by atoms with E-state index in [1.54, 1.807) is 0 Å². The Morgan fingerprint density at radius 2 is 1.43 bits per heavy atom. The van der Waals surface area contributed by atoms with Gasteiger partial charge in [-0.1, -0.05) is 0 Å². The first-order chi connectivity index (χ1) is 6.43. The molecule has 14 heavy (non-hydrogen) atoms. The van der Waals surface area contributed by atoms with E-state index in [2.05, 4.69) is 9.47 Å². The highest BCUT2D eigenvalue weighted by Gasteiger charge is 2.12. The van der Waals surface area contributed by atoms with Crippen molar-refractivity contribution in [1.29, 1.82) is 0 Å².